The summed E-state index contributed by atoms with van der Waals surface area (Å²) in [5.74, 6) is 1.31. The number of para-hydroxylation sites is 2. The van der Waals surface area contributed by atoms with Crippen LogP contribution in [0.1, 0.15) is 30.9 Å². The summed E-state index contributed by atoms with van der Waals surface area (Å²) in [6.07, 6.45) is 5.14. The van der Waals surface area contributed by atoms with Gasteiger partial charge < -0.3 is 9.47 Å². The Morgan fingerprint density at radius 1 is 0.508 bits per heavy atom. The van der Waals surface area contributed by atoms with E-state index in [0.717, 1.165) is 50.8 Å². The Labute approximate surface area is 344 Å². The van der Waals surface area contributed by atoms with Crippen LogP contribution in [0, 0.1) is 5.92 Å². The predicted molar refractivity (Wildman–Crippen MR) is 244 cm³/mol. The summed E-state index contributed by atoms with van der Waals surface area (Å²) in [6.45, 7) is 4.83. The van der Waals surface area contributed by atoms with Crippen molar-refractivity contribution in [3.05, 3.63) is 216 Å². The van der Waals surface area contributed by atoms with E-state index in [1.165, 1.54) is 32.6 Å². The van der Waals surface area contributed by atoms with Gasteiger partial charge in [0.15, 0.2) is 5.82 Å². The Kier molecular flexibility index (Phi) is 8.26. The lowest BCUT2D eigenvalue weighted by Gasteiger charge is -2.29. The van der Waals surface area contributed by atoms with Crippen molar-refractivity contribution >= 4 is 40.1 Å². The van der Waals surface area contributed by atoms with Crippen LogP contribution in [0.3, 0.4) is 0 Å². The van der Waals surface area contributed by atoms with E-state index < -0.39 is 0 Å². The number of fused-ring (bicyclic) bond motifs is 6. The first-order chi connectivity index (χ1) is 29.0. The molecule has 2 atom stereocenters. The van der Waals surface area contributed by atoms with Crippen LogP contribution in [-0.4, -0.2) is 14.5 Å². The second kappa shape index (κ2) is 14.0. The number of rotatable bonds is 7. The highest BCUT2D eigenvalue weighted by Crippen LogP contribution is 2.52. The van der Waals surface area contributed by atoms with E-state index in [2.05, 4.69) is 205 Å². The minimum atomic E-state index is -0.0240. The van der Waals surface area contributed by atoms with Crippen LogP contribution >= 0.6 is 0 Å². The molecule has 4 nitrogen and oxygen atoms in total. The Balaban J connectivity index is 1.14. The molecule has 2 aromatic heterocycles. The Morgan fingerprint density at radius 2 is 1.10 bits per heavy atom. The van der Waals surface area contributed by atoms with Crippen LogP contribution in [0.25, 0.3) is 62.6 Å². The number of nitrogens with zero attached hydrogens (tertiary/aromatic N) is 4. The Hall–Kier alpha value is -7.30. The van der Waals surface area contributed by atoms with Crippen molar-refractivity contribution in [2.45, 2.75) is 25.2 Å². The molecule has 282 valence electrons. The normalized spacial score (nSPS) is 16.0. The summed E-state index contributed by atoms with van der Waals surface area (Å²) < 4.78 is 2.48. The first-order valence-corrected chi connectivity index (χ1v) is 20.5. The molecule has 0 amide bonds. The van der Waals surface area contributed by atoms with Gasteiger partial charge in [0, 0.05) is 56.0 Å². The van der Waals surface area contributed by atoms with E-state index in [0.29, 0.717) is 11.7 Å². The molecule has 2 unspecified atom stereocenters. The summed E-state index contributed by atoms with van der Waals surface area (Å²) in [5, 5.41) is 3.75. The lowest BCUT2D eigenvalue weighted by atomic mass is 9.74. The minimum absolute atomic E-state index is 0.0240. The molecule has 0 saturated carbocycles. The topological polar surface area (TPSA) is 34.0 Å². The first kappa shape index (κ1) is 34.9. The number of aromatic nitrogens is 3. The van der Waals surface area contributed by atoms with E-state index in [9.17, 15) is 0 Å². The molecule has 0 fully saturated rings. The average Bonchev–Trinajstić information content (AvgIpc) is 3.74. The fourth-order valence-corrected chi connectivity index (χ4v) is 9.61. The highest BCUT2D eigenvalue weighted by Gasteiger charge is 2.45. The Morgan fingerprint density at radius 3 is 1.80 bits per heavy atom. The maximum absolute atomic E-state index is 5.21. The van der Waals surface area contributed by atoms with Crippen LogP contribution in [-0.2, 0) is 5.41 Å². The molecule has 4 heteroatoms. The zero-order valence-corrected chi connectivity index (χ0v) is 33.1. The third kappa shape index (κ3) is 5.90. The third-order valence-corrected chi connectivity index (χ3v) is 12.5. The van der Waals surface area contributed by atoms with E-state index >= 15 is 0 Å². The van der Waals surface area contributed by atoms with Crippen LogP contribution in [0.4, 0.5) is 17.1 Å². The molecule has 0 radical (unpaired) electrons. The molecule has 0 spiro atoms. The molecule has 2 heterocycles. The molecule has 2 aliphatic carbocycles. The zero-order chi connectivity index (χ0) is 39.5. The van der Waals surface area contributed by atoms with Crippen LogP contribution in [0.15, 0.2) is 194 Å². The zero-order valence-electron chi connectivity index (χ0n) is 33.1. The summed E-state index contributed by atoms with van der Waals surface area (Å²) in [4.78, 5) is 12.6. The van der Waals surface area contributed by atoms with Crippen molar-refractivity contribution in [2.75, 3.05) is 4.90 Å². The van der Waals surface area contributed by atoms with Crippen molar-refractivity contribution in [3.8, 4) is 39.6 Å². The summed E-state index contributed by atoms with van der Waals surface area (Å²) >= 11 is 0. The number of hydrogen-bond acceptors (Lipinski definition) is 3. The molecule has 0 N–H and O–H groups in total. The van der Waals surface area contributed by atoms with Gasteiger partial charge in [-0.1, -0.05) is 159 Å². The van der Waals surface area contributed by atoms with Crippen LogP contribution < -0.4 is 15.5 Å². The third-order valence-electron chi connectivity index (χ3n) is 12.5. The van der Waals surface area contributed by atoms with E-state index in [4.69, 9.17) is 9.97 Å². The molecule has 0 bridgehead atoms. The summed E-state index contributed by atoms with van der Waals surface area (Å²) in [6, 6.07) is 69.1. The predicted octanol–water partition coefficient (Wildman–Crippen LogP) is 12.2. The second-order valence-corrected chi connectivity index (χ2v) is 16.3. The fraction of sp³-hybridized carbons (Fsp3) is 0.0909. The maximum atomic E-state index is 5.21. The van der Waals surface area contributed by atoms with Gasteiger partial charge in [0.2, 0.25) is 0 Å². The van der Waals surface area contributed by atoms with Gasteiger partial charge in [-0.25, -0.2) is 9.97 Å². The number of benzene rings is 7. The first-order valence-electron chi connectivity index (χ1n) is 20.5. The lowest BCUT2D eigenvalue weighted by molar-refractivity contribution is 0.421. The van der Waals surface area contributed by atoms with Crippen LogP contribution in [0.2, 0.25) is 0 Å². The molecular formula is C55H42N4. The van der Waals surface area contributed by atoms with Gasteiger partial charge in [0.05, 0.1) is 22.3 Å². The summed E-state index contributed by atoms with van der Waals surface area (Å²) in [7, 11) is 0. The lowest BCUT2D eigenvalue weighted by Crippen LogP contribution is -2.37. The van der Waals surface area contributed by atoms with Gasteiger partial charge in [0.25, 0.3) is 0 Å². The van der Waals surface area contributed by atoms with Crippen molar-refractivity contribution < 1.29 is 0 Å². The minimum Gasteiger partial charge on any atom is -0.310 e. The highest BCUT2D eigenvalue weighted by atomic mass is 15.1. The van der Waals surface area contributed by atoms with Gasteiger partial charge in [-0.05, 0) is 83.1 Å². The molecule has 0 aliphatic heterocycles. The number of hydrogen-bond donors (Lipinski definition) is 0. The SMILES string of the molecule is CC1(C)c2ccccc2C2C=c3c(n(-c4cccc(-c5cc(-c6ccccc6)nc(-c6ccccc6)n5)c4)c4ccc(N(c5ccccc5)c5ccccc5)cc34)=CC21. The molecule has 9 aromatic rings. The van der Waals surface area contributed by atoms with E-state index in [-0.39, 0.29) is 11.3 Å². The van der Waals surface area contributed by atoms with Gasteiger partial charge in [-0.3, -0.25) is 0 Å². The van der Waals surface area contributed by atoms with Crippen molar-refractivity contribution in [2.24, 2.45) is 5.92 Å². The number of anilines is 3. The molecule has 59 heavy (non-hydrogen) atoms. The fourth-order valence-electron chi connectivity index (χ4n) is 9.61. The second-order valence-electron chi connectivity index (χ2n) is 16.3. The summed E-state index contributed by atoms with van der Waals surface area (Å²) in [5.41, 5.74) is 13.4. The Bertz CT molecular complexity index is 3040. The van der Waals surface area contributed by atoms with Crippen LogP contribution in [0.5, 0.6) is 0 Å². The smallest absolute Gasteiger partial charge is 0.160 e. The van der Waals surface area contributed by atoms with Gasteiger partial charge in [0.1, 0.15) is 0 Å². The average molecular weight is 759 g/mol. The van der Waals surface area contributed by atoms with E-state index in [1.807, 2.05) is 24.3 Å². The molecule has 0 saturated heterocycles. The monoisotopic (exact) mass is 758 g/mol. The molecule has 2 aliphatic rings. The highest BCUT2D eigenvalue weighted by molar-refractivity contribution is 5.91. The van der Waals surface area contributed by atoms with Gasteiger partial charge >= 0.3 is 0 Å². The van der Waals surface area contributed by atoms with E-state index in [1.54, 1.807) is 0 Å². The van der Waals surface area contributed by atoms with Crippen molar-refractivity contribution in [1.29, 1.82) is 0 Å². The standard InChI is InChI=1S/C55H42N4/c1-55(2)48-29-16-15-28-44(48)45-34-47-46-33-43(58(40-23-11-5-12-24-40)41-25-13-6-14-26-41)30-31-52(46)59(53(47)35-49(45)55)42-27-17-22-39(32-42)51-36-50(37-18-7-3-8-19-37)56-54(57-51)38-20-9-4-10-21-38/h3-36,45,49H,1-2H3. The largest absolute Gasteiger partial charge is 0.310 e. The van der Waals surface area contributed by atoms with Gasteiger partial charge in [-0.2, -0.15) is 0 Å². The quantitative estimate of drug-likeness (QED) is 0.162. The molecule has 11 rings (SSSR count). The molecule has 7 aromatic carbocycles. The maximum Gasteiger partial charge on any atom is 0.160 e. The van der Waals surface area contributed by atoms with Gasteiger partial charge in [-0.15, -0.1) is 0 Å². The van der Waals surface area contributed by atoms with Crippen molar-refractivity contribution in [3.63, 3.8) is 0 Å². The van der Waals surface area contributed by atoms with Crippen molar-refractivity contribution in [1.82, 2.24) is 14.5 Å². The molecular weight excluding hydrogens is 717 g/mol.